The van der Waals surface area contributed by atoms with E-state index in [0.717, 1.165) is 11.1 Å². The highest BCUT2D eigenvalue weighted by Crippen LogP contribution is 2.16. The highest BCUT2D eigenvalue weighted by Gasteiger charge is 2.15. The number of nitrogens with one attached hydrogen (secondary N) is 2. The van der Waals surface area contributed by atoms with Gasteiger partial charge in [0.05, 0.1) is 12.6 Å². The van der Waals surface area contributed by atoms with Gasteiger partial charge < -0.3 is 20.8 Å². The lowest BCUT2D eigenvalue weighted by atomic mass is 10.0. The molecule has 0 aliphatic carbocycles. The number of hydrogen-bond acceptors (Lipinski definition) is 3. The molecule has 0 spiro atoms. The molecular weight excluding hydrogens is 248 g/mol. The molecule has 0 bridgehead atoms. The number of urea groups is 1. The molecule has 6 heteroatoms. The molecule has 2 amide bonds. The van der Waals surface area contributed by atoms with Crippen LogP contribution in [0.25, 0.3) is 0 Å². The monoisotopic (exact) mass is 266 g/mol. The summed E-state index contributed by atoms with van der Waals surface area (Å²) in [5.41, 5.74) is 2.04. The minimum absolute atomic E-state index is 0.205. The van der Waals surface area contributed by atoms with Gasteiger partial charge in [-0.15, -0.1) is 0 Å². The lowest BCUT2D eigenvalue weighted by molar-refractivity contribution is -0.146. The summed E-state index contributed by atoms with van der Waals surface area (Å²) in [7, 11) is 0. The molecule has 1 aromatic carbocycles. The molecular formula is C13H18N2O4. The number of hydrogen-bond donors (Lipinski definition) is 4. The fraction of sp³-hybridized carbons (Fsp3) is 0.385. The number of rotatable bonds is 5. The third-order valence-corrected chi connectivity index (χ3v) is 2.74. The quantitative estimate of drug-likeness (QED) is 0.633. The lowest BCUT2D eigenvalue weighted by Gasteiger charge is -2.17. The van der Waals surface area contributed by atoms with Crippen LogP contribution >= 0.6 is 0 Å². The number of benzene rings is 1. The van der Waals surface area contributed by atoms with E-state index in [1.165, 1.54) is 0 Å². The molecule has 2 unspecified atom stereocenters. The Morgan fingerprint density at radius 2 is 1.95 bits per heavy atom. The van der Waals surface area contributed by atoms with Crippen LogP contribution in [0, 0.1) is 6.92 Å². The van der Waals surface area contributed by atoms with Crippen LogP contribution in [-0.4, -0.2) is 34.9 Å². The molecule has 0 heterocycles. The van der Waals surface area contributed by atoms with Gasteiger partial charge in [-0.2, -0.15) is 0 Å². The fourth-order valence-electron chi connectivity index (χ4n) is 1.67. The number of carboxylic acid groups (broad SMARTS) is 1. The van der Waals surface area contributed by atoms with Crippen molar-refractivity contribution in [2.24, 2.45) is 0 Å². The van der Waals surface area contributed by atoms with E-state index in [4.69, 9.17) is 10.2 Å². The van der Waals surface area contributed by atoms with E-state index >= 15 is 0 Å². The van der Waals surface area contributed by atoms with Crippen molar-refractivity contribution in [3.8, 4) is 0 Å². The van der Waals surface area contributed by atoms with Gasteiger partial charge in [0.1, 0.15) is 0 Å². The van der Waals surface area contributed by atoms with E-state index in [1.807, 2.05) is 38.1 Å². The zero-order chi connectivity index (χ0) is 14.4. The molecule has 1 aromatic rings. The van der Waals surface area contributed by atoms with Crippen LogP contribution in [0.15, 0.2) is 24.3 Å². The van der Waals surface area contributed by atoms with Crippen LogP contribution in [-0.2, 0) is 4.79 Å². The highest BCUT2D eigenvalue weighted by atomic mass is 16.4. The molecule has 0 aromatic heterocycles. The van der Waals surface area contributed by atoms with E-state index in [0.29, 0.717) is 0 Å². The first kappa shape index (κ1) is 15.0. The van der Waals surface area contributed by atoms with Crippen LogP contribution in [0.3, 0.4) is 0 Å². The van der Waals surface area contributed by atoms with Gasteiger partial charge in [0.15, 0.2) is 6.10 Å². The first-order valence-electron chi connectivity index (χ1n) is 5.92. The molecule has 1 rings (SSSR count). The highest BCUT2D eigenvalue weighted by molar-refractivity contribution is 5.77. The Morgan fingerprint density at radius 3 is 2.53 bits per heavy atom. The smallest absolute Gasteiger partial charge is 0.334 e. The second-order valence-corrected chi connectivity index (χ2v) is 4.29. The summed E-state index contributed by atoms with van der Waals surface area (Å²) >= 11 is 0. The number of carboxylic acids is 1. The Hall–Kier alpha value is -2.08. The fourth-order valence-corrected chi connectivity index (χ4v) is 1.67. The molecule has 0 saturated heterocycles. The summed E-state index contributed by atoms with van der Waals surface area (Å²) in [5, 5.41) is 22.5. The predicted molar refractivity (Wildman–Crippen MR) is 69.8 cm³/mol. The van der Waals surface area contributed by atoms with Gasteiger partial charge in [-0.1, -0.05) is 24.3 Å². The van der Waals surface area contributed by atoms with Crippen LogP contribution in [0.5, 0.6) is 0 Å². The van der Waals surface area contributed by atoms with Gasteiger partial charge in [-0.25, -0.2) is 9.59 Å². The largest absolute Gasteiger partial charge is 0.479 e. The summed E-state index contributed by atoms with van der Waals surface area (Å²) in [6.07, 6.45) is -1.60. The third kappa shape index (κ3) is 4.59. The number of aliphatic carboxylic acids is 1. The van der Waals surface area contributed by atoms with E-state index < -0.39 is 18.1 Å². The molecule has 0 fully saturated rings. The summed E-state index contributed by atoms with van der Waals surface area (Å²) < 4.78 is 0. The van der Waals surface area contributed by atoms with Gasteiger partial charge in [-0.3, -0.25) is 0 Å². The van der Waals surface area contributed by atoms with Gasteiger partial charge in [0.25, 0.3) is 0 Å². The van der Waals surface area contributed by atoms with Gasteiger partial charge in [0, 0.05) is 0 Å². The van der Waals surface area contributed by atoms with Gasteiger partial charge in [-0.05, 0) is 25.0 Å². The molecule has 104 valence electrons. The lowest BCUT2D eigenvalue weighted by Crippen LogP contribution is -2.42. The average molecular weight is 266 g/mol. The zero-order valence-corrected chi connectivity index (χ0v) is 10.9. The van der Waals surface area contributed by atoms with Crippen molar-refractivity contribution in [3.63, 3.8) is 0 Å². The number of amides is 2. The van der Waals surface area contributed by atoms with Gasteiger partial charge >= 0.3 is 12.0 Å². The molecule has 0 saturated carbocycles. The van der Waals surface area contributed by atoms with E-state index in [9.17, 15) is 9.59 Å². The SMILES string of the molecule is Cc1ccccc1C(C)NC(=O)NCC(O)C(=O)O. The topological polar surface area (TPSA) is 98.7 Å². The zero-order valence-electron chi connectivity index (χ0n) is 10.9. The maximum absolute atomic E-state index is 11.5. The standard InChI is InChI=1S/C13H18N2O4/c1-8-5-3-4-6-10(8)9(2)15-13(19)14-7-11(16)12(17)18/h3-6,9,11,16H,7H2,1-2H3,(H,17,18)(H2,14,15,19). The van der Waals surface area contributed by atoms with Crippen molar-refractivity contribution in [1.29, 1.82) is 0 Å². The molecule has 19 heavy (non-hydrogen) atoms. The number of carbonyl (C=O) groups excluding carboxylic acids is 1. The Balaban J connectivity index is 2.49. The summed E-state index contributed by atoms with van der Waals surface area (Å²) in [4.78, 5) is 21.9. The second-order valence-electron chi connectivity index (χ2n) is 4.29. The molecule has 0 aliphatic heterocycles. The van der Waals surface area contributed by atoms with Gasteiger partial charge in [0.2, 0.25) is 0 Å². The van der Waals surface area contributed by atoms with E-state index in [1.54, 1.807) is 0 Å². The predicted octanol–water partition coefficient (Wildman–Crippen LogP) is 0.801. The Kier molecular flexibility index (Phi) is 5.32. The van der Waals surface area contributed by atoms with Crippen LogP contribution in [0.2, 0.25) is 0 Å². The Labute approximate surface area is 111 Å². The first-order valence-corrected chi connectivity index (χ1v) is 5.92. The van der Waals surface area contributed by atoms with Crippen LogP contribution in [0.4, 0.5) is 4.79 Å². The maximum Gasteiger partial charge on any atom is 0.334 e. The third-order valence-electron chi connectivity index (χ3n) is 2.74. The average Bonchev–Trinajstić information content (AvgIpc) is 2.36. The molecule has 0 radical (unpaired) electrons. The maximum atomic E-state index is 11.5. The van der Waals surface area contributed by atoms with Crippen molar-refractivity contribution < 1.29 is 19.8 Å². The van der Waals surface area contributed by atoms with Crippen molar-refractivity contribution >= 4 is 12.0 Å². The Morgan fingerprint density at radius 1 is 1.32 bits per heavy atom. The van der Waals surface area contributed by atoms with E-state index in [-0.39, 0.29) is 12.6 Å². The minimum Gasteiger partial charge on any atom is -0.479 e. The van der Waals surface area contributed by atoms with E-state index in [2.05, 4.69) is 10.6 Å². The van der Waals surface area contributed by atoms with Crippen LogP contribution in [0.1, 0.15) is 24.1 Å². The normalized spacial score (nSPS) is 13.4. The minimum atomic E-state index is -1.60. The molecule has 0 aliphatic rings. The molecule has 4 N–H and O–H groups in total. The number of aliphatic hydroxyl groups excluding tert-OH is 1. The van der Waals surface area contributed by atoms with Crippen molar-refractivity contribution in [3.05, 3.63) is 35.4 Å². The molecule has 6 nitrogen and oxygen atoms in total. The van der Waals surface area contributed by atoms with Crippen molar-refractivity contribution in [1.82, 2.24) is 10.6 Å². The molecule has 2 atom stereocenters. The van der Waals surface area contributed by atoms with Crippen molar-refractivity contribution in [2.45, 2.75) is 26.0 Å². The summed E-state index contributed by atoms with van der Waals surface area (Å²) in [6, 6.07) is 6.92. The summed E-state index contributed by atoms with van der Waals surface area (Å²) in [6.45, 7) is 3.44. The number of aryl methyl sites for hydroxylation is 1. The number of aliphatic hydroxyl groups is 1. The van der Waals surface area contributed by atoms with Crippen molar-refractivity contribution in [2.75, 3.05) is 6.54 Å². The number of carbonyl (C=O) groups is 2. The first-order chi connectivity index (χ1) is 8.91. The van der Waals surface area contributed by atoms with Crippen LogP contribution < -0.4 is 10.6 Å². The summed E-state index contributed by atoms with van der Waals surface area (Å²) in [5.74, 6) is -1.37. The Bertz CT molecular complexity index is 462. The second kappa shape index (κ2) is 6.75.